The molecule has 2 aromatic rings. The van der Waals surface area contributed by atoms with Gasteiger partial charge in [0.25, 0.3) is 5.91 Å². The average molecular weight is 329 g/mol. The van der Waals surface area contributed by atoms with E-state index in [2.05, 4.69) is 9.97 Å². The van der Waals surface area contributed by atoms with Gasteiger partial charge in [-0.25, -0.2) is 14.4 Å². The van der Waals surface area contributed by atoms with Crippen LogP contribution in [0.1, 0.15) is 31.3 Å². The number of hydrogen-bond acceptors (Lipinski definition) is 4. The Labute approximate surface area is 140 Å². The molecule has 24 heavy (non-hydrogen) atoms. The Morgan fingerprint density at radius 2 is 2.08 bits per heavy atom. The number of likely N-dealkylation sites (tertiary alicyclic amines) is 1. The van der Waals surface area contributed by atoms with Crippen LogP contribution in [0.2, 0.25) is 0 Å². The smallest absolute Gasteiger partial charge is 0.261 e. The van der Waals surface area contributed by atoms with Gasteiger partial charge in [-0.05, 0) is 57.0 Å². The molecule has 5 nitrogen and oxygen atoms in total. The maximum atomic E-state index is 12.9. The molecule has 1 saturated heterocycles. The van der Waals surface area contributed by atoms with Gasteiger partial charge in [-0.2, -0.15) is 0 Å². The summed E-state index contributed by atoms with van der Waals surface area (Å²) in [5.41, 5.74) is 0.359. The maximum Gasteiger partial charge on any atom is 0.261 e. The summed E-state index contributed by atoms with van der Waals surface area (Å²) in [6.45, 7) is 4.46. The molecule has 6 heteroatoms. The minimum absolute atomic E-state index is 0.0902. The molecule has 1 aromatic carbocycles. The normalized spacial score (nSPS) is 20.2. The van der Waals surface area contributed by atoms with E-state index in [1.165, 1.54) is 24.3 Å². The zero-order valence-corrected chi connectivity index (χ0v) is 13.8. The van der Waals surface area contributed by atoms with Crippen molar-refractivity contribution in [3.05, 3.63) is 53.9 Å². The number of carbonyl (C=O) groups is 1. The summed E-state index contributed by atoms with van der Waals surface area (Å²) in [7, 11) is 0. The van der Waals surface area contributed by atoms with Crippen LogP contribution >= 0.6 is 0 Å². The number of benzene rings is 1. The summed E-state index contributed by atoms with van der Waals surface area (Å²) in [5.74, 6) is 0.675. The van der Waals surface area contributed by atoms with Crippen LogP contribution in [-0.2, 0) is 10.3 Å². The molecule has 0 bridgehead atoms. The summed E-state index contributed by atoms with van der Waals surface area (Å²) in [5, 5.41) is 0. The van der Waals surface area contributed by atoms with Crippen LogP contribution in [0.4, 0.5) is 4.39 Å². The van der Waals surface area contributed by atoms with E-state index in [0.717, 1.165) is 18.5 Å². The molecule has 1 unspecified atom stereocenters. The Kier molecular flexibility index (Phi) is 4.46. The first-order valence-electron chi connectivity index (χ1n) is 7.98. The summed E-state index contributed by atoms with van der Waals surface area (Å²) in [4.78, 5) is 23.3. The number of nitrogens with zero attached hydrogens (tertiary/aromatic N) is 3. The molecular formula is C18H20FN3O2. The molecular weight excluding hydrogens is 309 g/mol. The number of carbonyl (C=O) groups excluding carboxylic acids is 1. The summed E-state index contributed by atoms with van der Waals surface area (Å²) < 4.78 is 18.4. The van der Waals surface area contributed by atoms with E-state index in [4.69, 9.17) is 4.74 Å². The van der Waals surface area contributed by atoms with Crippen molar-refractivity contribution in [1.29, 1.82) is 0 Å². The van der Waals surface area contributed by atoms with Gasteiger partial charge >= 0.3 is 0 Å². The van der Waals surface area contributed by atoms with Crippen LogP contribution in [-0.4, -0.2) is 33.9 Å². The molecule has 126 valence electrons. The lowest BCUT2D eigenvalue weighted by Gasteiger charge is -2.33. The Morgan fingerprint density at radius 3 is 2.79 bits per heavy atom. The van der Waals surface area contributed by atoms with E-state index in [1.807, 2.05) is 19.9 Å². The number of rotatable bonds is 4. The topological polar surface area (TPSA) is 55.3 Å². The fourth-order valence-electron chi connectivity index (χ4n) is 3.06. The second-order valence-electron chi connectivity index (χ2n) is 6.19. The molecule has 2 heterocycles. The lowest BCUT2D eigenvalue weighted by Crippen LogP contribution is -2.46. The fourth-order valence-corrected chi connectivity index (χ4v) is 3.06. The van der Waals surface area contributed by atoms with Crippen molar-refractivity contribution < 1.29 is 13.9 Å². The number of halogens is 1. The molecule has 1 aliphatic heterocycles. The minimum atomic E-state index is -0.519. The van der Waals surface area contributed by atoms with Crippen LogP contribution in [0, 0.1) is 12.7 Å². The van der Waals surface area contributed by atoms with Crippen molar-refractivity contribution >= 4 is 5.91 Å². The van der Waals surface area contributed by atoms with Crippen molar-refractivity contribution in [2.24, 2.45) is 0 Å². The second-order valence-corrected chi connectivity index (χ2v) is 6.19. The van der Waals surface area contributed by atoms with Gasteiger partial charge in [-0.1, -0.05) is 0 Å². The third-order valence-electron chi connectivity index (χ3n) is 4.39. The van der Waals surface area contributed by atoms with Crippen molar-refractivity contribution in [3.8, 4) is 5.75 Å². The van der Waals surface area contributed by atoms with E-state index in [1.54, 1.807) is 11.1 Å². The van der Waals surface area contributed by atoms with Gasteiger partial charge in [0.05, 0.1) is 5.54 Å². The average Bonchev–Trinajstić information content (AvgIpc) is 2.97. The molecule has 1 atom stereocenters. The van der Waals surface area contributed by atoms with Gasteiger partial charge < -0.3 is 9.64 Å². The van der Waals surface area contributed by atoms with E-state index in [-0.39, 0.29) is 18.3 Å². The molecule has 1 amide bonds. The van der Waals surface area contributed by atoms with Crippen LogP contribution in [0.15, 0.2) is 36.5 Å². The molecule has 0 aliphatic carbocycles. The number of aromatic nitrogens is 2. The Balaban J connectivity index is 1.72. The monoisotopic (exact) mass is 329 g/mol. The van der Waals surface area contributed by atoms with Gasteiger partial charge in [0.2, 0.25) is 0 Å². The fraction of sp³-hybridized carbons (Fsp3) is 0.389. The predicted octanol–water partition coefficient (Wildman–Crippen LogP) is 2.84. The number of hydrogen-bond donors (Lipinski definition) is 0. The lowest BCUT2D eigenvalue weighted by atomic mass is 9.97. The molecule has 0 radical (unpaired) electrons. The first-order chi connectivity index (χ1) is 11.5. The molecule has 1 aromatic heterocycles. The summed E-state index contributed by atoms with van der Waals surface area (Å²) in [6.07, 6.45) is 3.44. The first-order valence-corrected chi connectivity index (χ1v) is 7.98. The first kappa shape index (κ1) is 16.4. The van der Waals surface area contributed by atoms with Crippen molar-refractivity contribution in [2.45, 2.75) is 32.2 Å². The van der Waals surface area contributed by atoms with Crippen LogP contribution < -0.4 is 4.74 Å². The van der Waals surface area contributed by atoms with E-state index in [0.29, 0.717) is 18.1 Å². The van der Waals surface area contributed by atoms with Crippen molar-refractivity contribution in [3.63, 3.8) is 0 Å². The Morgan fingerprint density at radius 1 is 1.33 bits per heavy atom. The van der Waals surface area contributed by atoms with E-state index >= 15 is 0 Å². The van der Waals surface area contributed by atoms with Gasteiger partial charge in [0.15, 0.2) is 12.4 Å². The molecule has 1 fully saturated rings. The zero-order chi connectivity index (χ0) is 17.2. The highest BCUT2D eigenvalue weighted by Crippen LogP contribution is 2.36. The summed E-state index contributed by atoms with van der Waals surface area (Å²) in [6, 6.07) is 7.47. The summed E-state index contributed by atoms with van der Waals surface area (Å²) >= 11 is 0. The third kappa shape index (κ3) is 3.22. The van der Waals surface area contributed by atoms with Crippen LogP contribution in [0.5, 0.6) is 5.75 Å². The highest BCUT2D eigenvalue weighted by Gasteiger charge is 2.43. The molecule has 0 saturated carbocycles. The zero-order valence-electron chi connectivity index (χ0n) is 13.8. The highest BCUT2D eigenvalue weighted by molar-refractivity contribution is 5.79. The lowest BCUT2D eigenvalue weighted by molar-refractivity contribution is -0.137. The predicted molar refractivity (Wildman–Crippen MR) is 87.0 cm³/mol. The van der Waals surface area contributed by atoms with Crippen molar-refractivity contribution in [2.75, 3.05) is 13.2 Å². The highest BCUT2D eigenvalue weighted by atomic mass is 19.1. The SMILES string of the molecule is Cc1ccnc(C2(C)CCCN2C(=O)COc2ccc(F)cc2)n1. The van der Waals surface area contributed by atoms with Crippen molar-refractivity contribution in [1.82, 2.24) is 14.9 Å². The van der Waals surface area contributed by atoms with Crippen LogP contribution in [0.3, 0.4) is 0 Å². The van der Waals surface area contributed by atoms with Gasteiger partial charge in [-0.15, -0.1) is 0 Å². The third-order valence-corrected chi connectivity index (χ3v) is 4.39. The number of amides is 1. The Hall–Kier alpha value is -2.50. The molecule has 0 spiro atoms. The number of aryl methyl sites for hydroxylation is 1. The van der Waals surface area contributed by atoms with E-state index in [9.17, 15) is 9.18 Å². The molecule has 1 aliphatic rings. The van der Waals surface area contributed by atoms with Gasteiger partial charge in [0, 0.05) is 18.4 Å². The minimum Gasteiger partial charge on any atom is -0.484 e. The van der Waals surface area contributed by atoms with Gasteiger partial charge in [0.1, 0.15) is 11.6 Å². The molecule has 3 rings (SSSR count). The standard InChI is InChI=1S/C18H20FN3O2/c1-13-8-10-20-17(21-13)18(2)9-3-11-22(18)16(23)12-24-15-6-4-14(19)5-7-15/h4-8,10H,3,9,11-12H2,1-2H3. The van der Waals surface area contributed by atoms with Crippen LogP contribution in [0.25, 0.3) is 0 Å². The second kappa shape index (κ2) is 6.55. The van der Waals surface area contributed by atoms with Gasteiger partial charge in [-0.3, -0.25) is 4.79 Å². The largest absolute Gasteiger partial charge is 0.484 e. The van der Waals surface area contributed by atoms with E-state index < -0.39 is 5.54 Å². The Bertz CT molecular complexity index is 735. The number of ether oxygens (including phenoxy) is 1. The quantitative estimate of drug-likeness (QED) is 0.865. The maximum absolute atomic E-state index is 12.9. The molecule has 0 N–H and O–H groups in total.